The molecule has 0 radical (unpaired) electrons. The summed E-state index contributed by atoms with van der Waals surface area (Å²) in [6.45, 7) is 2.01. The molecule has 0 spiro atoms. The predicted octanol–water partition coefficient (Wildman–Crippen LogP) is 4.18. The standard InChI is InChI=1S/C19H24BrF2NO3/c20-16-3-1-14(2-4-16)19(17(24)25,15-5-8-18(21,22)11-15)26-12-13-6-9-23-10-7-13/h1-4,13,15,23H,5-12H2,(H,24,25)/t15-,19+/m1/s1. The Morgan fingerprint density at radius 2 is 1.92 bits per heavy atom. The van der Waals surface area contributed by atoms with Gasteiger partial charge in [-0.15, -0.1) is 0 Å². The van der Waals surface area contributed by atoms with Crippen LogP contribution in [0.2, 0.25) is 0 Å². The van der Waals surface area contributed by atoms with Gasteiger partial charge in [-0.25, -0.2) is 13.6 Å². The van der Waals surface area contributed by atoms with Crippen LogP contribution in [0.5, 0.6) is 0 Å². The monoisotopic (exact) mass is 431 g/mol. The summed E-state index contributed by atoms with van der Waals surface area (Å²) >= 11 is 3.34. The van der Waals surface area contributed by atoms with Crippen molar-refractivity contribution in [3.8, 4) is 0 Å². The second-order valence-corrected chi connectivity index (χ2v) is 8.26. The molecule has 1 saturated heterocycles. The van der Waals surface area contributed by atoms with Crippen molar-refractivity contribution in [1.29, 1.82) is 0 Å². The lowest BCUT2D eigenvalue weighted by atomic mass is 9.79. The van der Waals surface area contributed by atoms with Gasteiger partial charge >= 0.3 is 5.97 Å². The Bertz CT molecular complexity index is 634. The van der Waals surface area contributed by atoms with Crippen molar-refractivity contribution in [1.82, 2.24) is 5.32 Å². The van der Waals surface area contributed by atoms with Crippen LogP contribution in [0.15, 0.2) is 28.7 Å². The number of nitrogens with one attached hydrogen (secondary N) is 1. The molecule has 1 saturated carbocycles. The summed E-state index contributed by atoms with van der Waals surface area (Å²) in [6.07, 6.45) is 1.19. The highest BCUT2D eigenvalue weighted by atomic mass is 79.9. The number of hydrogen-bond acceptors (Lipinski definition) is 3. The highest BCUT2D eigenvalue weighted by Crippen LogP contribution is 2.49. The fourth-order valence-corrected chi connectivity index (χ4v) is 4.35. The van der Waals surface area contributed by atoms with Gasteiger partial charge in [-0.2, -0.15) is 0 Å². The zero-order valence-electron chi connectivity index (χ0n) is 14.5. The lowest BCUT2D eigenvalue weighted by molar-refractivity contribution is -0.182. The Morgan fingerprint density at radius 1 is 1.27 bits per heavy atom. The van der Waals surface area contributed by atoms with Crippen LogP contribution in [0.4, 0.5) is 8.78 Å². The van der Waals surface area contributed by atoms with E-state index in [1.807, 2.05) is 0 Å². The minimum atomic E-state index is -2.83. The number of alkyl halides is 2. The highest BCUT2D eigenvalue weighted by Gasteiger charge is 2.55. The summed E-state index contributed by atoms with van der Waals surface area (Å²) in [6, 6.07) is 6.79. The molecule has 2 N–H and O–H groups in total. The summed E-state index contributed by atoms with van der Waals surface area (Å²) in [5, 5.41) is 13.4. The van der Waals surface area contributed by atoms with Crippen LogP contribution in [0, 0.1) is 11.8 Å². The number of ether oxygens (including phenoxy) is 1. The first-order chi connectivity index (χ1) is 12.3. The minimum Gasteiger partial charge on any atom is -0.479 e. The molecule has 0 bridgehead atoms. The summed E-state index contributed by atoms with van der Waals surface area (Å²) in [5.74, 6) is -4.53. The van der Waals surface area contributed by atoms with Gasteiger partial charge in [0.15, 0.2) is 5.60 Å². The van der Waals surface area contributed by atoms with Gasteiger partial charge in [0.2, 0.25) is 5.92 Å². The molecule has 2 fully saturated rings. The van der Waals surface area contributed by atoms with Gasteiger partial charge in [0.1, 0.15) is 0 Å². The average Bonchev–Trinajstić information content (AvgIpc) is 2.98. The average molecular weight is 432 g/mol. The first-order valence-electron chi connectivity index (χ1n) is 9.05. The number of benzene rings is 1. The molecule has 1 aromatic carbocycles. The molecule has 0 aromatic heterocycles. The maximum absolute atomic E-state index is 13.9. The predicted molar refractivity (Wildman–Crippen MR) is 97.3 cm³/mol. The molecule has 1 aliphatic carbocycles. The largest absolute Gasteiger partial charge is 0.479 e. The number of rotatable bonds is 6. The number of hydrogen-bond donors (Lipinski definition) is 2. The fourth-order valence-electron chi connectivity index (χ4n) is 4.09. The van der Waals surface area contributed by atoms with Crippen LogP contribution < -0.4 is 5.32 Å². The van der Waals surface area contributed by atoms with Crippen LogP contribution in [0.25, 0.3) is 0 Å². The van der Waals surface area contributed by atoms with Gasteiger partial charge in [-0.05, 0) is 56.0 Å². The van der Waals surface area contributed by atoms with Gasteiger partial charge in [0, 0.05) is 23.2 Å². The van der Waals surface area contributed by atoms with Crippen molar-refractivity contribution in [3.63, 3.8) is 0 Å². The van der Waals surface area contributed by atoms with E-state index in [9.17, 15) is 18.7 Å². The van der Waals surface area contributed by atoms with Crippen molar-refractivity contribution < 1.29 is 23.4 Å². The fraction of sp³-hybridized carbons (Fsp3) is 0.632. The zero-order chi connectivity index (χ0) is 18.8. The van der Waals surface area contributed by atoms with Crippen LogP contribution in [-0.4, -0.2) is 36.7 Å². The maximum atomic E-state index is 13.9. The summed E-state index contributed by atoms with van der Waals surface area (Å²) < 4.78 is 34.7. The lowest BCUT2D eigenvalue weighted by Crippen LogP contribution is -2.46. The highest BCUT2D eigenvalue weighted by molar-refractivity contribution is 9.10. The second kappa shape index (κ2) is 7.90. The molecule has 26 heavy (non-hydrogen) atoms. The number of halogens is 3. The third-order valence-electron chi connectivity index (χ3n) is 5.57. The van der Waals surface area contributed by atoms with E-state index in [0.29, 0.717) is 5.56 Å². The number of piperidine rings is 1. The SMILES string of the molecule is O=C(O)[C@](OCC1CCNCC1)(c1ccc(Br)cc1)[C@@H]1CCC(F)(F)C1. The quantitative estimate of drug-likeness (QED) is 0.708. The van der Waals surface area contributed by atoms with E-state index in [4.69, 9.17) is 4.74 Å². The van der Waals surface area contributed by atoms with E-state index in [2.05, 4.69) is 21.2 Å². The summed E-state index contributed by atoms with van der Waals surface area (Å²) in [7, 11) is 0. The van der Waals surface area contributed by atoms with Gasteiger partial charge in [0.05, 0.1) is 6.61 Å². The Kier molecular flexibility index (Phi) is 5.99. The molecule has 1 aliphatic heterocycles. The van der Waals surface area contributed by atoms with E-state index in [1.165, 1.54) is 0 Å². The molecule has 3 rings (SSSR count). The van der Waals surface area contributed by atoms with Gasteiger partial charge in [-0.1, -0.05) is 28.1 Å². The van der Waals surface area contributed by atoms with Crippen molar-refractivity contribution in [2.75, 3.05) is 19.7 Å². The first-order valence-corrected chi connectivity index (χ1v) is 9.85. The molecular formula is C19H24BrF2NO3. The van der Waals surface area contributed by atoms with E-state index in [0.717, 1.165) is 30.4 Å². The van der Waals surface area contributed by atoms with E-state index >= 15 is 0 Å². The van der Waals surface area contributed by atoms with E-state index in [1.54, 1.807) is 24.3 Å². The third-order valence-corrected chi connectivity index (χ3v) is 6.10. The van der Waals surface area contributed by atoms with Crippen molar-refractivity contribution in [2.45, 2.75) is 43.6 Å². The van der Waals surface area contributed by atoms with Crippen LogP contribution >= 0.6 is 15.9 Å². The topological polar surface area (TPSA) is 58.6 Å². The van der Waals surface area contributed by atoms with Gasteiger partial charge in [-0.3, -0.25) is 0 Å². The normalized spacial score (nSPS) is 25.7. The molecular weight excluding hydrogens is 408 g/mol. The first kappa shape index (κ1) is 19.7. The molecule has 4 nitrogen and oxygen atoms in total. The van der Waals surface area contributed by atoms with E-state index < -0.39 is 29.8 Å². The Balaban J connectivity index is 1.92. The Hall–Kier alpha value is -1.05. The van der Waals surface area contributed by atoms with E-state index in [-0.39, 0.29) is 25.4 Å². The number of carboxylic acid groups (broad SMARTS) is 1. The molecule has 0 amide bonds. The molecule has 2 atom stereocenters. The second-order valence-electron chi connectivity index (χ2n) is 7.35. The summed E-state index contributed by atoms with van der Waals surface area (Å²) in [4.78, 5) is 12.4. The smallest absolute Gasteiger partial charge is 0.340 e. The molecule has 2 aliphatic rings. The Morgan fingerprint density at radius 3 is 2.46 bits per heavy atom. The number of aliphatic carboxylic acids is 1. The molecule has 0 unspecified atom stereocenters. The number of carboxylic acids is 1. The van der Waals surface area contributed by atoms with Crippen molar-refractivity contribution in [2.24, 2.45) is 11.8 Å². The maximum Gasteiger partial charge on any atom is 0.340 e. The lowest BCUT2D eigenvalue weighted by Gasteiger charge is -2.37. The summed E-state index contributed by atoms with van der Waals surface area (Å²) in [5.41, 5.74) is -1.30. The molecule has 1 aromatic rings. The van der Waals surface area contributed by atoms with Gasteiger partial charge < -0.3 is 15.2 Å². The molecule has 144 valence electrons. The number of carbonyl (C=O) groups is 1. The van der Waals surface area contributed by atoms with Crippen molar-refractivity contribution in [3.05, 3.63) is 34.3 Å². The van der Waals surface area contributed by atoms with Crippen LogP contribution in [-0.2, 0) is 15.1 Å². The van der Waals surface area contributed by atoms with Crippen LogP contribution in [0.1, 0.15) is 37.7 Å². The van der Waals surface area contributed by atoms with Crippen molar-refractivity contribution >= 4 is 21.9 Å². The molecule has 7 heteroatoms. The van der Waals surface area contributed by atoms with Gasteiger partial charge in [0.25, 0.3) is 0 Å². The minimum absolute atomic E-state index is 0.140. The van der Waals surface area contributed by atoms with Crippen LogP contribution in [0.3, 0.4) is 0 Å². The third kappa shape index (κ3) is 4.10. The Labute approximate surface area is 160 Å². The molecule has 1 heterocycles. The zero-order valence-corrected chi connectivity index (χ0v) is 16.1.